The number of methoxy groups -OCH3 is 1. The molecule has 164 valence electrons. The maximum atomic E-state index is 11.7. The minimum Gasteiger partial charge on any atom is -0.469 e. The number of nitrogens with zero attached hydrogens (tertiary/aromatic N) is 2. The predicted octanol–water partition coefficient (Wildman–Crippen LogP) is 2.82. The number of esters is 1. The van der Waals surface area contributed by atoms with Crippen molar-refractivity contribution in [3.05, 3.63) is 35.4 Å². The molecule has 1 aliphatic rings. The Labute approximate surface area is 191 Å². The third kappa shape index (κ3) is 8.88. The number of piperidine rings is 1. The summed E-state index contributed by atoms with van der Waals surface area (Å²) < 4.78 is 15.8. The Morgan fingerprint density at radius 3 is 2.55 bits per heavy atom. The number of aliphatic imine (C=N–C) groups is 1. The number of hydrogen-bond donors (Lipinski definition) is 1. The van der Waals surface area contributed by atoms with Gasteiger partial charge in [-0.05, 0) is 30.9 Å². The summed E-state index contributed by atoms with van der Waals surface area (Å²) in [6.07, 6.45) is 1.59. The lowest BCUT2D eigenvalue weighted by Crippen LogP contribution is -2.46. The van der Waals surface area contributed by atoms with Gasteiger partial charge in [0, 0.05) is 33.3 Å². The average molecular weight is 519 g/mol. The van der Waals surface area contributed by atoms with E-state index in [1.54, 1.807) is 7.05 Å². The minimum absolute atomic E-state index is 0. The van der Waals surface area contributed by atoms with Crippen molar-refractivity contribution >= 4 is 35.9 Å². The van der Waals surface area contributed by atoms with Crippen LogP contribution >= 0.6 is 24.0 Å². The molecule has 1 aliphatic heterocycles. The summed E-state index contributed by atoms with van der Waals surface area (Å²) in [7, 11) is 3.24. The first kappa shape index (κ1) is 25.6. The molecule has 1 N–H and O–H groups in total. The molecule has 2 rings (SSSR count). The normalized spacial score (nSPS) is 15.0. The molecule has 7 nitrogen and oxygen atoms in total. The van der Waals surface area contributed by atoms with Crippen LogP contribution in [0.2, 0.25) is 0 Å². The first-order valence-electron chi connectivity index (χ1n) is 9.94. The van der Waals surface area contributed by atoms with Crippen molar-refractivity contribution < 1.29 is 19.0 Å². The number of likely N-dealkylation sites (tertiary alicyclic amines) is 1. The number of nitrogens with one attached hydrogen (secondary N) is 1. The number of rotatable bonds is 9. The van der Waals surface area contributed by atoms with Crippen LogP contribution in [-0.2, 0) is 32.2 Å². The maximum Gasteiger partial charge on any atom is 0.308 e. The van der Waals surface area contributed by atoms with E-state index in [-0.39, 0.29) is 35.9 Å². The van der Waals surface area contributed by atoms with Crippen LogP contribution in [0.1, 0.15) is 30.9 Å². The van der Waals surface area contributed by atoms with Crippen molar-refractivity contribution in [1.29, 1.82) is 0 Å². The lowest BCUT2D eigenvalue weighted by molar-refractivity contribution is -0.146. The van der Waals surface area contributed by atoms with Gasteiger partial charge in [0.1, 0.15) is 0 Å². The van der Waals surface area contributed by atoms with Crippen molar-refractivity contribution in [2.24, 2.45) is 10.9 Å². The fraction of sp³-hybridized carbons (Fsp3) is 0.619. The van der Waals surface area contributed by atoms with E-state index in [4.69, 9.17) is 14.2 Å². The lowest BCUT2D eigenvalue weighted by Gasteiger charge is -2.33. The quantitative estimate of drug-likeness (QED) is 0.178. The lowest BCUT2D eigenvalue weighted by atomic mass is 9.97. The number of hydrogen-bond acceptors (Lipinski definition) is 5. The van der Waals surface area contributed by atoms with Gasteiger partial charge in [-0.2, -0.15) is 0 Å². The zero-order valence-electron chi connectivity index (χ0n) is 17.7. The largest absolute Gasteiger partial charge is 0.469 e. The van der Waals surface area contributed by atoms with Gasteiger partial charge < -0.3 is 24.4 Å². The second-order valence-electron chi connectivity index (χ2n) is 6.75. The molecule has 1 fully saturated rings. The predicted molar refractivity (Wildman–Crippen MR) is 125 cm³/mol. The van der Waals surface area contributed by atoms with Crippen LogP contribution in [0, 0.1) is 5.92 Å². The molecule has 1 aromatic carbocycles. The van der Waals surface area contributed by atoms with Gasteiger partial charge in [0.2, 0.25) is 0 Å². The number of benzene rings is 1. The summed E-state index contributed by atoms with van der Waals surface area (Å²) >= 11 is 0. The van der Waals surface area contributed by atoms with Gasteiger partial charge in [-0.3, -0.25) is 9.79 Å². The van der Waals surface area contributed by atoms with E-state index in [9.17, 15) is 4.79 Å². The van der Waals surface area contributed by atoms with E-state index in [1.807, 2.05) is 13.0 Å². The van der Waals surface area contributed by atoms with Crippen LogP contribution in [0.3, 0.4) is 0 Å². The summed E-state index contributed by atoms with van der Waals surface area (Å²) in [5, 5.41) is 3.42. The summed E-state index contributed by atoms with van der Waals surface area (Å²) in [5.74, 6) is 0.753. The Bertz CT molecular complexity index is 634. The Morgan fingerprint density at radius 1 is 1.21 bits per heavy atom. The zero-order valence-corrected chi connectivity index (χ0v) is 20.0. The summed E-state index contributed by atoms with van der Waals surface area (Å²) in [5.41, 5.74) is 2.32. The molecular weight excluding hydrogens is 485 g/mol. The monoisotopic (exact) mass is 519 g/mol. The van der Waals surface area contributed by atoms with Gasteiger partial charge in [0.25, 0.3) is 0 Å². The molecule has 0 amide bonds. The first-order valence-corrected chi connectivity index (χ1v) is 9.94. The van der Waals surface area contributed by atoms with Crippen molar-refractivity contribution in [3.63, 3.8) is 0 Å². The minimum atomic E-state index is -0.108. The van der Waals surface area contributed by atoms with E-state index in [1.165, 1.54) is 12.7 Å². The highest BCUT2D eigenvalue weighted by molar-refractivity contribution is 14.0. The third-order valence-corrected chi connectivity index (χ3v) is 4.83. The molecule has 0 atom stereocenters. The summed E-state index contributed by atoms with van der Waals surface area (Å²) in [4.78, 5) is 18.3. The van der Waals surface area contributed by atoms with Gasteiger partial charge in [-0.25, -0.2) is 0 Å². The second-order valence-corrected chi connectivity index (χ2v) is 6.75. The number of carbonyl (C=O) groups is 1. The Balaban J connectivity index is 0.00000420. The van der Waals surface area contributed by atoms with Crippen molar-refractivity contribution in [1.82, 2.24) is 10.2 Å². The van der Waals surface area contributed by atoms with Crippen LogP contribution in [0.5, 0.6) is 0 Å². The van der Waals surface area contributed by atoms with Gasteiger partial charge in [0.15, 0.2) is 5.96 Å². The Kier molecular flexibility index (Phi) is 12.9. The van der Waals surface area contributed by atoms with Gasteiger partial charge >= 0.3 is 5.97 Å². The van der Waals surface area contributed by atoms with E-state index in [2.05, 4.69) is 33.4 Å². The van der Waals surface area contributed by atoms with Gasteiger partial charge in [-0.15, -0.1) is 24.0 Å². The van der Waals surface area contributed by atoms with Crippen LogP contribution in [0.4, 0.5) is 0 Å². The van der Waals surface area contributed by atoms with Crippen molar-refractivity contribution in [2.75, 3.05) is 47.1 Å². The summed E-state index contributed by atoms with van der Waals surface area (Å²) in [6, 6.07) is 8.34. The standard InChI is InChI=1S/C21H33N3O4.HI/c1-4-27-12-13-28-16-18-7-5-6-17(14-18)15-23-21(22-2)24-10-8-19(9-11-24)20(25)26-3;/h5-7,14,19H,4,8-13,15-16H2,1-3H3,(H,22,23);1H. The van der Waals surface area contributed by atoms with Crippen molar-refractivity contribution in [3.8, 4) is 0 Å². The fourth-order valence-electron chi connectivity index (χ4n) is 3.29. The maximum absolute atomic E-state index is 11.7. The third-order valence-electron chi connectivity index (χ3n) is 4.83. The van der Waals surface area contributed by atoms with Gasteiger partial charge in [0.05, 0.1) is 32.8 Å². The first-order chi connectivity index (χ1) is 13.7. The van der Waals surface area contributed by atoms with Crippen molar-refractivity contribution in [2.45, 2.75) is 32.9 Å². The molecule has 29 heavy (non-hydrogen) atoms. The van der Waals surface area contributed by atoms with Crippen LogP contribution < -0.4 is 5.32 Å². The van der Waals surface area contributed by atoms with Crippen LogP contribution in [0.15, 0.2) is 29.3 Å². The van der Waals surface area contributed by atoms with E-state index < -0.39 is 0 Å². The molecule has 0 spiro atoms. The highest BCUT2D eigenvalue weighted by atomic mass is 127. The highest BCUT2D eigenvalue weighted by Gasteiger charge is 2.26. The number of ether oxygens (including phenoxy) is 3. The molecule has 1 heterocycles. The number of halogens is 1. The Hall–Kier alpha value is -1.39. The van der Waals surface area contributed by atoms with E-state index in [0.717, 1.165) is 37.5 Å². The van der Waals surface area contributed by atoms with Crippen LogP contribution in [0.25, 0.3) is 0 Å². The SMILES string of the molecule is CCOCCOCc1cccc(CNC(=NC)N2CCC(C(=O)OC)CC2)c1.I. The smallest absolute Gasteiger partial charge is 0.308 e. The van der Waals surface area contributed by atoms with E-state index >= 15 is 0 Å². The number of guanidine groups is 1. The molecule has 0 aliphatic carbocycles. The molecule has 1 aromatic rings. The zero-order chi connectivity index (χ0) is 20.2. The van der Waals surface area contributed by atoms with Crippen LogP contribution in [-0.4, -0.2) is 63.9 Å². The Morgan fingerprint density at radius 2 is 1.90 bits per heavy atom. The molecule has 0 aromatic heterocycles. The topological polar surface area (TPSA) is 72.4 Å². The molecule has 0 unspecified atom stereocenters. The van der Waals surface area contributed by atoms with Gasteiger partial charge in [-0.1, -0.05) is 24.3 Å². The molecule has 0 bridgehead atoms. The molecule has 8 heteroatoms. The molecular formula is C21H34IN3O4. The fourth-order valence-corrected chi connectivity index (χ4v) is 3.29. The summed E-state index contributed by atoms with van der Waals surface area (Å²) in [6.45, 7) is 6.79. The number of carbonyl (C=O) groups excluding carboxylic acids is 1. The molecule has 1 saturated heterocycles. The molecule has 0 saturated carbocycles. The second kappa shape index (κ2) is 14.6. The average Bonchev–Trinajstić information content (AvgIpc) is 2.74. The molecule has 0 radical (unpaired) electrons. The highest BCUT2D eigenvalue weighted by Crippen LogP contribution is 2.18. The van der Waals surface area contributed by atoms with E-state index in [0.29, 0.717) is 33.0 Å².